The van der Waals surface area contributed by atoms with E-state index in [9.17, 15) is 18.0 Å². The summed E-state index contributed by atoms with van der Waals surface area (Å²) in [7, 11) is 1.67. The summed E-state index contributed by atoms with van der Waals surface area (Å²) in [6.07, 6.45) is -1.85. The standard InChI is InChI=1S/C21H22F3N5OS/c1-20(2,3)15-11-16(29(4)28-15)27-19(30)26-14-6-5-13(12-7-9-25-10-8-12)17(18(14)31)21(22,23)24/h5-11,31H,1-4H3,(H2,26,27,30). The number of carbonyl (C=O) groups is 1. The van der Waals surface area contributed by atoms with E-state index in [4.69, 9.17) is 0 Å². The first-order chi connectivity index (χ1) is 14.4. The predicted molar refractivity (Wildman–Crippen MR) is 116 cm³/mol. The molecule has 2 N–H and O–H groups in total. The molecular weight excluding hydrogens is 427 g/mol. The molecule has 0 fully saturated rings. The van der Waals surface area contributed by atoms with Crippen molar-refractivity contribution in [1.29, 1.82) is 0 Å². The van der Waals surface area contributed by atoms with E-state index in [1.807, 2.05) is 20.8 Å². The summed E-state index contributed by atoms with van der Waals surface area (Å²) in [5.74, 6) is 0.410. The molecule has 0 spiro atoms. The van der Waals surface area contributed by atoms with E-state index < -0.39 is 17.8 Å². The number of urea groups is 1. The maximum atomic E-state index is 13.8. The number of thiol groups is 1. The van der Waals surface area contributed by atoms with Crippen LogP contribution in [-0.4, -0.2) is 20.8 Å². The average Bonchev–Trinajstić information content (AvgIpc) is 3.03. The number of rotatable bonds is 3. The van der Waals surface area contributed by atoms with Crippen molar-refractivity contribution in [2.75, 3.05) is 10.6 Å². The van der Waals surface area contributed by atoms with E-state index in [0.717, 1.165) is 5.69 Å². The number of alkyl halides is 3. The molecule has 1 aromatic carbocycles. The number of aromatic nitrogens is 3. The van der Waals surface area contributed by atoms with Gasteiger partial charge in [-0.25, -0.2) is 4.79 Å². The third-order valence-corrected chi connectivity index (χ3v) is 5.06. The number of nitrogens with one attached hydrogen (secondary N) is 2. The lowest BCUT2D eigenvalue weighted by Gasteiger charge is -2.18. The first kappa shape index (κ1) is 22.7. The first-order valence-corrected chi connectivity index (χ1v) is 9.78. The SMILES string of the molecule is Cn1nc(C(C)(C)C)cc1NC(=O)Nc1ccc(-c2ccncc2)c(C(F)(F)F)c1S. The average molecular weight is 450 g/mol. The Labute approximate surface area is 183 Å². The number of hydrogen-bond donors (Lipinski definition) is 3. The molecule has 6 nitrogen and oxygen atoms in total. The van der Waals surface area contributed by atoms with Crippen molar-refractivity contribution in [3.05, 3.63) is 54.0 Å². The van der Waals surface area contributed by atoms with Gasteiger partial charge in [0, 0.05) is 35.8 Å². The molecule has 0 aliphatic rings. The Hall–Kier alpha value is -3.01. The lowest BCUT2D eigenvalue weighted by molar-refractivity contribution is -0.139. The van der Waals surface area contributed by atoms with E-state index in [1.54, 1.807) is 13.1 Å². The fourth-order valence-electron chi connectivity index (χ4n) is 2.97. The van der Waals surface area contributed by atoms with Crippen molar-refractivity contribution in [1.82, 2.24) is 14.8 Å². The van der Waals surface area contributed by atoms with Gasteiger partial charge < -0.3 is 5.32 Å². The molecule has 31 heavy (non-hydrogen) atoms. The van der Waals surface area contributed by atoms with Gasteiger partial charge in [-0.05, 0) is 29.3 Å². The fraction of sp³-hybridized carbons (Fsp3) is 0.286. The number of hydrogen-bond acceptors (Lipinski definition) is 4. The molecule has 0 saturated carbocycles. The number of aryl methyl sites for hydroxylation is 1. The third-order valence-electron chi connectivity index (χ3n) is 4.59. The van der Waals surface area contributed by atoms with E-state index >= 15 is 0 Å². The second-order valence-electron chi connectivity index (χ2n) is 7.99. The largest absolute Gasteiger partial charge is 0.418 e. The number of halogens is 3. The monoisotopic (exact) mass is 449 g/mol. The van der Waals surface area contributed by atoms with Crippen molar-refractivity contribution >= 4 is 30.2 Å². The van der Waals surface area contributed by atoms with Crippen LogP contribution in [0.1, 0.15) is 32.0 Å². The van der Waals surface area contributed by atoms with Gasteiger partial charge >= 0.3 is 12.2 Å². The molecule has 3 rings (SSSR count). The van der Waals surface area contributed by atoms with Crippen LogP contribution < -0.4 is 10.6 Å². The smallest absolute Gasteiger partial charge is 0.307 e. The van der Waals surface area contributed by atoms with Gasteiger partial charge in [0.1, 0.15) is 5.82 Å². The molecule has 0 radical (unpaired) electrons. The van der Waals surface area contributed by atoms with E-state index in [-0.39, 0.29) is 21.6 Å². The van der Waals surface area contributed by atoms with E-state index in [1.165, 1.54) is 41.3 Å². The normalized spacial score (nSPS) is 12.0. The number of amides is 2. The van der Waals surface area contributed by atoms with Crippen LogP contribution in [0.2, 0.25) is 0 Å². The maximum absolute atomic E-state index is 13.8. The Balaban J connectivity index is 1.90. The summed E-state index contributed by atoms with van der Waals surface area (Å²) >= 11 is 4.09. The molecule has 0 aliphatic carbocycles. The summed E-state index contributed by atoms with van der Waals surface area (Å²) in [5.41, 5.74) is -0.164. The quantitative estimate of drug-likeness (QED) is 0.447. The molecule has 0 saturated heterocycles. The Morgan fingerprint density at radius 2 is 1.71 bits per heavy atom. The van der Waals surface area contributed by atoms with Crippen LogP contribution in [-0.2, 0) is 18.6 Å². The number of nitrogens with zero attached hydrogens (tertiary/aromatic N) is 3. The first-order valence-electron chi connectivity index (χ1n) is 9.34. The minimum absolute atomic E-state index is 0.0488. The molecule has 0 aliphatic heterocycles. The van der Waals surface area contributed by atoms with E-state index in [2.05, 4.69) is 33.3 Å². The Morgan fingerprint density at radius 1 is 1.06 bits per heavy atom. The Bertz CT molecular complexity index is 1100. The lowest BCUT2D eigenvalue weighted by Crippen LogP contribution is -2.22. The Morgan fingerprint density at radius 3 is 2.26 bits per heavy atom. The van der Waals surface area contributed by atoms with Gasteiger partial charge in [-0.1, -0.05) is 26.8 Å². The molecule has 10 heteroatoms. The van der Waals surface area contributed by atoms with Gasteiger partial charge in [-0.3, -0.25) is 15.0 Å². The summed E-state index contributed by atoms with van der Waals surface area (Å²) < 4.78 is 43.0. The van der Waals surface area contributed by atoms with Crippen LogP contribution in [0.25, 0.3) is 11.1 Å². The topological polar surface area (TPSA) is 71.8 Å². The minimum Gasteiger partial charge on any atom is -0.307 e. The molecule has 164 valence electrons. The second-order valence-corrected chi connectivity index (χ2v) is 8.43. The van der Waals surface area contributed by atoms with Crippen molar-refractivity contribution in [2.45, 2.75) is 37.3 Å². The van der Waals surface area contributed by atoms with Crippen LogP contribution in [0.5, 0.6) is 0 Å². The van der Waals surface area contributed by atoms with Crippen molar-refractivity contribution in [3.63, 3.8) is 0 Å². The predicted octanol–water partition coefficient (Wildman–Crippen LogP) is 5.73. The number of anilines is 2. The highest BCUT2D eigenvalue weighted by atomic mass is 32.1. The van der Waals surface area contributed by atoms with Crippen molar-refractivity contribution < 1.29 is 18.0 Å². The fourth-order valence-corrected chi connectivity index (χ4v) is 3.35. The summed E-state index contributed by atoms with van der Waals surface area (Å²) in [5, 5.41) is 9.41. The van der Waals surface area contributed by atoms with Gasteiger partial charge in [0.25, 0.3) is 0 Å². The van der Waals surface area contributed by atoms with Gasteiger partial charge in [0.15, 0.2) is 0 Å². The molecule has 3 aromatic rings. The molecule has 0 bridgehead atoms. The molecule has 0 atom stereocenters. The molecular formula is C21H22F3N5OS. The number of carbonyl (C=O) groups excluding carboxylic acids is 1. The Kier molecular flexibility index (Phi) is 6.04. The molecule has 2 heterocycles. The number of pyridine rings is 1. The third kappa shape index (κ3) is 5.01. The van der Waals surface area contributed by atoms with Gasteiger partial charge in [0.05, 0.1) is 16.9 Å². The summed E-state index contributed by atoms with van der Waals surface area (Å²) in [4.78, 5) is 15.9. The van der Waals surface area contributed by atoms with Crippen molar-refractivity contribution in [2.24, 2.45) is 7.05 Å². The summed E-state index contributed by atoms with van der Waals surface area (Å²) in [6.45, 7) is 5.94. The lowest BCUT2D eigenvalue weighted by atomic mass is 9.92. The highest BCUT2D eigenvalue weighted by Crippen LogP contribution is 2.43. The molecule has 2 aromatic heterocycles. The van der Waals surface area contributed by atoms with Gasteiger partial charge in [-0.15, -0.1) is 12.6 Å². The van der Waals surface area contributed by atoms with Crippen LogP contribution in [0.4, 0.5) is 29.5 Å². The second kappa shape index (κ2) is 8.26. The van der Waals surface area contributed by atoms with Crippen LogP contribution in [0.15, 0.2) is 47.6 Å². The highest BCUT2D eigenvalue weighted by Gasteiger charge is 2.37. The molecule has 0 unspecified atom stereocenters. The minimum atomic E-state index is -4.67. The zero-order valence-electron chi connectivity index (χ0n) is 17.4. The highest BCUT2D eigenvalue weighted by molar-refractivity contribution is 7.80. The van der Waals surface area contributed by atoms with Crippen LogP contribution >= 0.6 is 12.6 Å². The summed E-state index contributed by atoms with van der Waals surface area (Å²) in [6, 6.07) is 6.66. The zero-order chi connectivity index (χ0) is 23.0. The van der Waals surface area contributed by atoms with E-state index in [0.29, 0.717) is 11.4 Å². The molecule has 2 amide bonds. The zero-order valence-corrected chi connectivity index (χ0v) is 18.3. The van der Waals surface area contributed by atoms with Gasteiger partial charge in [0.2, 0.25) is 0 Å². The maximum Gasteiger partial charge on any atom is 0.418 e. The van der Waals surface area contributed by atoms with Crippen molar-refractivity contribution in [3.8, 4) is 11.1 Å². The van der Waals surface area contributed by atoms with Crippen LogP contribution in [0.3, 0.4) is 0 Å². The van der Waals surface area contributed by atoms with Crippen LogP contribution in [0, 0.1) is 0 Å². The van der Waals surface area contributed by atoms with Gasteiger partial charge in [-0.2, -0.15) is 18.3 Å². The number of benzene rings is 1.